The monoisotopic (exact) mass is 209 g/mol. The van der Waals surface area contributed by atoms with E-state index in [-0.39, 0.29) is 0 Å². The summed E-state index contributed by atoms with van der Waals surface area (Å²) in [5.41, 5.74) is -0.662. The Labute approximate surface area is 78.3 Å². The number of primary sulfonamides is 1. The van der Waals surface area contributed by atoms with Crippen LogP contribution < -0.4 is 5.14 Å². The number of nitrogens with two attached hydrogens (primary N) is 1. The molecule has 0 rings (SSSR count). The molecule has 0 fully saturated rings. The SMILES string of the molecule is CCC(C)(C)C(=O)OCS(N)(=O)=O. The average molecular weight is 209 g/mol. The third-order valence-corrected chi connectivity index (χ3v) is 2.24. The van der Waals surface area contributed by atoms with Gasteiger partial charge in [-0.05, 0) is 20.3 Å². The second-order valence-corrected chi connectivity index (χ2v) is 5.01. The van der Waals surface area contributed by atoms with Gasteiger partial charge in [0.2, 0.25) is 16.0 Å². The number of hydrogen-bond acceptors (Lipinski definition) is 4. The average Bonchev–Trinajstić information content (AvgIpc) is 1.98. The number of esters is 1. The summed E-state index contributed by atoms with van der Waals surface area (Å²) in [6, 6.07) is 0. The lowest BCUT2D eigenvalue weighted by Gasteiger charge is -2.19. The zero-order valence-electron chi connectivity index (χ0n) is 8.03. The Morgan fingerprint density at radius 2 is 1.92 bits per heavy atom. The minimum absolute atomic E-state index is 0.552. The Kier molecular flexibility index (Phi) is 3.87. The molecule has 0 aromatic rings. The van der Waals surface area contributed by atoms with Gasteiger partial charge in [-0.2, -0.15) is 0 Å². The van der Waals surface area contributed by atoms with Crippen molar-refractivity contribution in [2.45, 2.75) is 27.2 Å². The molecule has 0 amide bonds. The summed E-state index contributed by atoms with van der Waals surface area (Å²) in [6.07, 6.45) is 0.580. The van der Waals surface area contributed by atoms with Crippen LogP contribution in [-0.4, -0.2) is 20.3 Å². The van der Waals surface area contributed by atoms with Crippen LogP contribution in [0.25, 0.3) is 0 Å². The Morgan fingerprint density at radius 3 is 2.23 bits per heavy atom. The van der Waals surface area contributed by atoms with E-state index in [1.165, 1.54) is 0 Å². The lowest BCUT2D eigenvalue weighted by Crippen LogP contribution is -2.29. The van der Waals surface area contributed by atoms with Crippen molar-refractivity contribution >= 4 is 16.0 Å². The Hall–Kier alpha value is -0.620. The van der Waals surface area contributed by atoms with Crippen LogP contribution in [0.4, 0.5) is 0 Å². The number of rotatable bonds is 4. The summed E-state index contributed by atoms with van der Waals surface area (Å²) in [7, 11) is -3.73. The maximum atomic E-state index is 11.2. The van der Waals surface area contributed by atoms with E-state index < -0.39 is 27.3 Å². The van der Waals surface area contributed by atoms with Gasteiger partial charge in [-0.25, -0.2) is 13.6 Å². The summed E-state index contributed by atoms with van der Waals surface area (Å²) >= 11 is 0. The fraction of sp³-hybridized carbons (Fsp3) is 0.857. The summed E-state index contributed by atoms with van der Waals surface area (Å²) < 4.78 is 25.4. The maximum Gasteiger partial charge on any atom is 0.312 e. The number of hydrogen-bond donors (Lipinski definition) is 1. The Balaban J connectivity index is 4.19. The first-order chi connectivity index (χ1) is 5.69. The fourth-order valence-electron chi connectivity index (χ4n) is 0.475. The highest BCUT2D eigenvalue weighted by Gasteiger charge is 2.27. The van der Waals surface area contributed by atoms with Crippen LogP contribution in [0.2, 0.25) is 0 Å². The van der Waals surface area contributed by atoms with E-state index in [0.717, 1.165) is 0 Å². The van der Waals surface area contributed by atoms with E-state index in [4.69, 9.17) is 0 Å². The molecule has 0 aromatic heterocycles. The van der Waals surface area contributed by atoms with Gasteiger partial charge in [0.25, 0.3) is 0 Å². The second kappa shape index (κ2) is 4.06. The third kappa shape index (κ3) is 4.84. The van der Waals surface area contributed by atoms with Crippen LogP contribution in [0, 0.1) is 5.41 Å². The number of carbonyl (C=O) groups excluding carboxylic acids is 1. The van der Waals surface area contributed by atoms with Crippen LogP contribution in [0.3, 0.4) is 0 Å². The standard InChI is InChI=1S/C7H15NO4S/c1-4-7(2,3)6(9)12-5-13(8,10)11/h4-5H2,1-3H3,(H2,8,10,11). The zero-order chi connectivity index (χ0) is 10.7. The molecule has 0 heterocycles. The van der Waals surface area contributed by atoms with E-state index in [1.54, 1.807) is 13.8 Å². The van der Waals surface area contributed by atoms with Gasteiger partial charge in [-0.15, -0.1) is 0 Å². The molecule has 0 unspecified atom stereocenters. The van der Waals surface area contributed by atoms with E-state index in [2.05, 4.69) is 9.88 Å². The van der Waals surface area contributed by atoms with E-state index in [9.17, 15) is 13.2 Å². The van der Waals surface area contributed by atoms with E-state index in [1.807, 2.05) is 6.92 Å². The molecule has 0 aliphatic heterocycles. The lowest BCUT2D eigenvalue weighted by molar-refractivity contribution is -0.151. The highest BCUT2D eigenvalue weighted by atomic mass is 32.2. The highest BCUT2D eigenvalue weighted by molar-refractivity contribution is 7.88. The van der Waals surface area contributed by atoms with Crippen molar-refractivity contribution in [3.8, 4) is 0 Å². The van der Waals surface area contributed by atoms with Gasteiger partial charge in [0.1, 0.15) is 0 Å². The Morgan fingerprint density at radius 1 is 1.46 bits per heavy atom. The normalized spacial score (nSPS) is 12.6. The van der Waals surface area contributed by atoms with Crippen molar-refractivity contribution < 1.29 is 17.9 Å². The second-order valence-electron chi connectivity index (χ2n) is 3.45. The van der Waals surface area contributed by atoms with Gasteiger partial charge >= 0.3 is 5.97 Å². The minimum atomic E-state index is -3.73. The predicted molar refractivity (Wildman–Crippen MR) is 48.1 cm³/mol. The van der Waals surface area contributed by atoms with E-state index >= 15 is 0 Å². The van der Waals surface area contributed by atoms with Crippen molar-refractivity contribution in [3.05, 3.63) is 0 Å². The summed E-state index contributed by atoms with van der Waals surface area (Å²) in [5.74, 6) is -1.31. The fourth-order valence-corrected chi connectivity index (χ4v) is 0.747. The highest BCUT2D eigenvalue weighted by Crippen LogP contribution is 2.21. The molecule has 13 heavy (non-hydrogen) atoms. The minimum Gasteiger partial charge on any atom is -0.447 e. The van der Waals surface area contributed by atoms with Crippen LogP contribution in [-0.2, 0) is 19.6 Å². The molecule has 0 aliphatic rings. The number of ether oxygens (including phenoxy) is 1. The first kappa shape index (κ1) is 12.4. The Bertz CT molecular complexity index is 281. The van der Waals surface area contributed by atoms with Crippen LogP contribution in [0.15, 0.2) is 0 Å². The molecule has 5 nitrogen and oxygen atoms in total. The molecule has 0 saturated carbocycles. The molecule has 0 bridgehead atoms. The molecule has 78 valence electrons. The van der Waals surface area contributed by atoms with Gasteiger partial charge < -0.3 is 4.74 Å². The molecule has 0 aromatic carbocycles. The van der Waals surface area contributed by atoms with Crippen molar-refractivity contribution in [1.82, 2.24) is 0 Å². The van der Waals surface area contributed by atoms with Crippen molar-refractivity contribution in [2.24, 2.45) is 10.6 Å². The molecular formula is C7H15NO4S. The largest absolute Gasteiger partial charge is 0.447 e. The lowest BCUT2D eigenvalue weighted by atomic mass is 9.91. The first-order valence-corrected chi connectivity index (χ1v) is 5.58. The van der Waals surface area contributed by atoms with Gasteiger partial charge in [-0.3, -0.25) is 4.79 Å². The van der Waals surface area contributed by atoms with Crippen molar-refractivity contribution in [1.29, 1.82) is 0 Å². The van der Waals surface area contributed by atoms with Crippen LogP contribution in [0.1, 0.15) is 27.2 Å². The summed E-state index contributed by atoms with van der Waals surface area (Å²) in [4.78, 5) is 11.2. The molecule has 0 atom stereocenters. The first-order valence-electron chi connectivity index (χ1n) is 3.87. The zero-order valence-corrected chi connectivity index (χ0v) is 8.85. The van der Waals surface area contributed by atoms with Gasteiger partial charge in [0.15, 0.2) is 0 Å². The molecule has 0 aliphatic carbocycles. The molecule has 6 heteroatoms. The predicted octanol–water partition coefficient (Wildman–Crippen LogP) is 0.212. The molecular weight excluding hydrogens is 194 g/mol. The number of carbonyl (C=O) groups is 1. The molecule has 0 saturated heterocycles. The van der Waals surface area contributed by atoms with Crippen molar-refractivity contribution in [2.75, 3.05) is 5.94 Å². The smallest absolute Gasteiger partial charge is 0.312 e. The summed E-state index contributed by atoms with van der Waals surface area (Å²) in [6.45, 7) is 5.18. The van der Waals surface area contributed by atoms with E-state index in [0.29, 0.717) is 6.42 Å². The third-order valence-electron chi connectivity index (χ3n) is 1.79. The quantitative estimate of drug-likeness (QED) is 0.670. The van der Waals surface area contributed by atoms with Gasteiger partial charge in [0, 0.05) is 0 Å². The topological polar surface area (TPSA) is 86.5 Å². The summed E-state index contributed by atoms with van der Waals surface area (Å²) in [5, 5.41) is 4.66. The van der Waals surface area contributed by atoms with Crippen LogP contribution in [0.5, 0.6) is 0 Å². The maximum absolute atomic E-state index is 11.2. The number of sulfonamides is 1. The molecule has 0 spiro atoms. The molecule has 0 radical (unpaired) electrons. The van der Waals surface area contributed by atoms with Gasteiger partial charge in [-0.1, -0.05) is 6.92 Å². The van der Waals surface area contributed by atoms with Gasteiger partial charge in [0.05, 0.1) is 5.41 Å². The van der Waals surface area contributed by atoms with Crippen LogP contribution >= 0.6 is 0 Å². The van der Waals surface area contributed by atoms with Crippen molar-refractivity contribution in [3.63, 3.8) is 0 Å². The molecule has 2 N–H and O–H groups in total.